The van der Waals surface area contributed by atoms with Gasteiger partial charge in [0.1, 0.15) is 0 Å². The Morgan fingerprint density at radius 2 is 2.10 bits per heavy atom. The van der Waals surface area contributed by atoms with Gasteiger partial charge >= 0.3 is 0 Å². The molecule has 1 rings (SSSR count). The van der Waals surface area contributed by atoms with Gasteiger partial charge in [-0.15, -0.1) is 11.6 Å². The fourth-order valence-corrected chi connectivity index (χ4v) is 1.74. The van der Waals surface area contributed by atoms with E-state index in [1.807, 2.05) is 0 Å². The summed E-state index contributed by atoms with van der Waals surface area (Å²) in [5.41, 5.74) is 0. The molecule has 0 bridgehead atoms. The van der Waals surface area contributed by atoms with Crippen molar-refractivity contribution in [1.29, 1.82) is 0 Å². The van der Waals surface area contributed by atoms with Crippen molar-refractivity contribution in [3.8, 4) is 0 Å². The van der Waals surface area contributed by atoms with Crippen LogP contribution in [0.25, 0.3) is 0 Å². The largest absolute Gasteiger partial charge is 0.324 e. The van der Waals surface area contributed by atoms with Crippen LogP contribution in [-0.2, 0) is 0 Å². The summed E-state index contributed by atoms with van der Waals surface area (Å²) in [4.78, 5) is 0. The standard InChI is InChI=1S/C7H13ClN2/c8-7-4-2-1-3-6(7)5-10-9/h5-7H,1-4,9H2/b10-5+. The smallest absolute Gasteiger partial charge is 0.0414 e. The van der Waals surface area contributed by atoms with Crippen molar-refractivity contribution in [2.45, 2.75) is 31.1 Å². The maximum absolute atomic E-state index is 6.01. The van der Waals surface area contributed by atoms with Gasteiger partial charge in [-0.1, -0.05) is 12.8 Å². The van der Waals surface area contributed by atoms with Crippen molar-refractivity contribution < 1.29 is 0 Å². The molecule has 0 aromatic rings. The Morgan fingerprint density at radius 1 is 1.40 bits per heavy atom. The maximum Gasteiger partial charge on any atom is 0.0414 e. The third-order valence-corrected chi connectivity index (χ3v) is 2.55. The molecule has 2 nitrogen and oxygen atoms in total. The van der Waals surface area contributed by atoms with Gasteiger partial charge in [-0.2, -0.15) is 5.10 Å². The molecule has 10 heavy (non-hydrogen) atoms. The van der Waals surface area contributed by atoms with Crippen LogP contribution >= 0.6 is 11.6 Å². The van der Waals surface area contributed by atoms with E-state index in [9.17, 15) is 0 Å². The zero-order chi connectivity index (χ0) is 7.40. The molecule has 1 aliphatic carbocycles. The second-order valence-electron chi connectivity index (χ2n) is 2.76. The number of rotatable bonds is 1. The van der Waals surface area contributed by atoms with E-state index in [1.54, 1.807) is 6.21 Å². The number of alkyl halides is 1. The molecule has 2 N–H and O–H groups in total. The summed E-state index contributed by atoms with van der Waals surface area (Å²) < 4.78 is 0. The van der Waals surface area contributed by atoms with Crippen LogP contribution in [0.3, 0.4) is 0 Å². The zero-order valence-corrected chi connectivity index (χ0v) is 6.72. The summed E-state index contributed by atoms with van der Waals surface area (Å²) in [7, 11) is 0. The van der Waals surface area contributed by atoms with Crippen LogP contribution in [0, 0.1) is 5.92 Å². The summed E-state index contributed by atoms with van der Waals surface area (Å²) in [5.74, 6) is 5.45. The molecule has 2 unspecified atom stereocenters. The van der Waals surface area contributed by atoms with Gasteiger partial charge in [0, 0.05) is 17.5 Å². The van der Waals surface area contributed by atoms with Crippen molar-refractivity contribution >= 4 is 17.8 Å². The SMILES string of the molecule is N/N=C/C1CCCCC1Cl. The molecule has 0 aliphatic heterocycles. The molecule has 3 heteroatoms. The number of hydrogen-bond donors (Lipinski definition) is 1. The van der Waals surface area contributed by atoms with Gasteiger partial charge in [-0.25, -0.2) is 0 Å². The highest BCUT2D eigenvalue weighted by Crippen LogP contribution is 2.26. The number of halogens is 1. The molecule has 0 aromatic heterocycles. The summed E-state index contributed by atoms with van der Waals surface area (Å²) in [6.07, 6.45) is 6.55. The fourth-order valence-electron chi connectivity index (χ4n) is 1.39. The van der Waals surface area contributed by atoms with Crippen LogP contribution in [0.1, 0.15) is 25.7 Å². The first kappa shape index (κ1) is 7.86. The van der Waals surface area contributed by atoms with E-state index in [4.69, 9.17) is 17.4 Å². The lowest BCUT2D eigenvalue weighted by Gasteiger charge is -2.22. The topological polar surface area (TPSA) is 38.4 Å². The molecule has 0 aromatic carbocycles. The van der Waals surface area contributed by atoms with Crippen molar-refractivity contribution in [2.24, 2.45) is 16.9 Å². The molecular weight excluding hydrogens is 148 g/mol. The third kappa shape index (κ3) is 1.87. The molecule has 1 saturated carbocycles. The Balaban J connectivity index is 2.39. The zero-order valence-electron chi connectivity index (χ0n) is 5.96. The van der Waals surface area contributed by atoms with E-state index in [1.165, 1.54) is 12.8 Å². The van der Waals surface area contributed by atoms with Gasteiger partial charge in [0.25, 0.3) is 0 Å². The molecule has 2 atom stereocenters. The minimum atomic E-state index is 0.265. The van der Waals surface area contributed by atoms with Crippen LogP contribution in [-0.4, -0.2) is 11.6 Å². The minimum Gasteiger partial charge on any atom is -0.324 e. The Kier molecular flexibility index (Phi) is 3.00. The number of nitrogens with two attached hydrogens (primary N) is 1. The lowest BCUT2D eigenvalue weighted by Crippen LogP contribution is -2.21. The molecular formula is C7H13ClN2. The van der Waals surface area contributed by atoms with E-state index in [0.717, 1.165) is 12.8 Å². The summed E-state index contributed by atoms with van der Waals surface area (Å²) in [5, 5.41) is 3.77. The average Bonchev–Trinajstić information content (AvgIpc) is 1.94. The van der Waals surface area contributed by atoms with Gasteiger partial charge in [0.05, 0.1) is 0 Å². The molecule has 1 fully saturated rings. The minimum absolute atomic E-state index is 0.265. The van der Waals surface area contributed by atoms with E-state index >= 15 is 0 Å². The van der Waals surface area contributed by atoms with E-state index in [-0.39, 0.29) is 5.38 Å². The second-order valence-corrected chi connectivity index (χ2v) is 3.32. The van der Waals surface area contributed by atoms with Crippen LogP contribution < -0.4 is 5.84 Å². The van der Waals surface area contributed by atoms with Crippen LogP contribution in [0.5, 0.6) is 0 Å². The molecule has 0 saturated heterocycles. The monoisotopic (exact) mass is 160 g/mol. The first-order valence-corrected chi connectivity index (χ1v) is 4.15. The summed E-state index contributed by atoms with van der Waals surface area (Å²) >= 11 is 6.01. The lowest BCUT2D eigenvalue weighted by molar-refractivity contribution is 0.452. The lowest BCUT2D eigenvalue weighted by atomic mass is 9.90. The predicted molar refractivity (Wildman–Crippen MR) is 44.3 cm³/mol. The molecule has 0 amide bonds. The highest BCUT2D eigenvalue weighted by atomic mass is 35.5. The number of nitrogens with zero attached hydrogens (tertiary/aromatic N) is 1. The van der Waals surface area contributed by atoms with E-state index in [0.29, 0.717) is 5.92 Å². The maximum atomic E-state index is 6.01. The van der Waals surface area contributed by atoms with Gasteiger partial charge < -0.3 is 5.84 Å². The first-order chi connectivity index (χ1) is 4.84. The van der Waals surface area contributed by atoms with Crippen LogP contribution in [0.2, 0.25) is 0 Å². The summed E-state index contributed by atoms with van der Waals surface area (Å²) in [6, 6.07) is 0. The summed E-state index contributed by atoms with van der Waals surface area (Å²) in [6.45, 7) is 0. The predicted octanol–water partition coefficient (Wildman–Crippen LogP) is 1.73. The van der Waals surface area contributed by atoms with Gasteiger partial charge in [-0.3, -0.25) is 0 Å². The van der Waals surface area contributed by atoms with Gasteiger partial charge in [0.2, 0.25) is 0 Å². The van der Waals surface area contributed by atoms with Crippen molar-refractivity contribution in [1.82, 2.24) is 0 Å². The normalized spacial score (nSPS) is 34.9. The van der Waals surface area contributed by atoms with Gasteiger partial charge in [0.15, 0.2) is 0 Å². The second kappa shape index (κ2) is 3.81. The van der Waals surface area contributed by atoms with Crippen molar-refractivity contribution in [3.63, 3.8) is 0 Å². The average molecular weight is 161 g/mol. The Hall–Kier alpha value is -0.240. The van der Waals surface area contributed by atoms with E-state index in [2.05, 4.69) is 5.10 Å². The number of hydrogen-bond acceptors (Lipinski definition) is 2. The van der Waals surface area contributed by atoms with Crippen LogP contribution in [0.15, 0.2) is 5.10 Å². The molecule has 0 radical (unpaired) electrons. The van der Waals surface area contributed by atoms with Crippen molar-refractivity contribution in [3.05, 3.63) is 0 Å². The number of hydrazone groups is 1. The molecule has 0 heterocycles. The highest BCUT2D eigenvalue weighted by Gasteiger charge is 2.20. The quantitative estimate of drug-likeness (QED) is 0.270. The Morgan fingerprint density at radius 3 is 2.70 bits per heavy atom. The Labute approximate surface area is 66.4 Å². The van der Waals surface area contributed by atoms with E-state index < -0.39 is 0 Å². The first-order valence-electron chi connectivity index (χ1n) is 3.72. The Bertz CT molecular complexity index is 125. The third-order valence-electron chi connectivity index (χ3n) is 2.01. The molecule has 58 valence electrons. The molecule has 1 aliphatic rings. The highest BCUT2D eigenvalue weighted by molar-refractivity contribution is 6.21. The van der Waals surface area contributed by atoms with Gasteiger partial charge in [-0.05, 0) is 12.8 Å². The van der Waals surface area contributed by atoms with Crippen LogP contribution in [0.4, 0.5) is 0 Å². The molecule has 0 spiro atoms. The fraction of sp³-hybridized carbons (Fsp3) is 0.857. The van der Waals surface area contributed by atoms with Crippen molar-refractivity contribution in [2.75, 3.05) is 0 Å².